The molecule has 0 saturated heterocycles. The first-order valence-electron chi connectivity index (χ1n) is 4.00. The average molecular weight is 169 g/mol. The quantitative estimate of drug-likeness (QED) is 0.641. The van der Waals surface area contributed by atoms with Crippen molar-refractivity contribution in [2.45, 2.75) is 13.3 Å². The van der Waals surface area contributed by atoms with E-state index in [-0.39, 0.29) is 12.5 Å². The van der Waals surface area contributed by atoms with E-state index in [1.807, 2.05) is 13.0 Å². The lowest BCUT2D eigenvalue weighted by Crippen LogP contribution is -2.19. The second-order valence-corrected chi connectivity index (χ2v) is 3.04. The SMILES string of the molecule is COC1=CC(C)=C(N)CC1CO. The molecule has 0 aromatic carbocycles. The molecule has 0 heterocycles. The van der Waals surface area contributed by atoms with Crippen LogP contribution in [0.1, 0.15) is 13.3 Å². The van der Waals surface area contributed by atoms with E-state index in [0.717, 1.165) is 17.0 Å². The van der Waals surface area contributed by atoms with Gasteiger partial charge in [0.1, 0.15) is 5.76 Å². The number of ether oxygens (including phenoxy) is 1. The molecule has 0 aromatic rings. The predicted octanol–water partition coefficient (Wildman–Crippen LogP) is 0.762. The second-order valence-electron chi connectivity index (χ2n) is 3.04. The molecule has 0 fully saturated rings. The van der Waals surface area contributed by atoms with Crippen molar-refractivity contribution in [2.24, 2.45) is 11.7 Å². The summed E-state index contributed by atoms with van der Waals surface area (Å²) in [4.78, 5) is 0. The molecule has 1 aliphatic rings. The molecular weight excluding hydrogens is 154 g/mol. The Hall–Kier alpha value is -0.960. The van der Waals surface area contributed by atoms with Crippen LogP contribution in [0.15, 0.2) is 23.1 Å². The van der Waals surface area contributed by atoms with Crippen molar-refractivity contribution >= 4 is 0 Å². The van der Waals surface area contributed by atoms with E-state index < -0.39 is 0 Å². The highest BCUT2D eigenvalue weighted by Gasteiger charge is 2.20. The first-order valence-corrected chi connectivity index (χ1v) is 4.00. The Morgan fingerprint density at radius 2 is 2.42 bits per heavy atom. The van der Waals surface area contributed by atoms with Gasteiger partial charge in [-0.25, -0.2) is 0 Å². The Morgan fingerprint density at radius 1 is 1.75 bits per heavy atom. The van der Waals surface area contributed by atoms with Gasteiger partial charge in [-0.05, 0) is 25.0 Å². The van der Waals surface area contributed by atoms with Crippen LogP contribution < -0.4 is 5.73 Å². The normalized spacial score (nSPS) is 23.9. The molecule has 0 spiro atoms. The van der Waals surface area contributed by atoms with Gasteiger partial charge >= 0.3 is 0 Å². The Morgan fingerprint density at radius 3 is 2.92 bits per heavy atom. The zero-order valence-electron chi connectivity index (χ0n) is 7.50. The van der Waals surface area contributed by atoms with Crippen LogP contribution in [0, 0.1) is 5.92 Å². The van der Waals surface area contributed by atoms with E-state index in [0.29, 0.717) is 6.42 Å². The maximum atomic E-state index is 9.00. The molecule has 3 N–H and O–H groups in total. The van der Waals surface area contributed by atoms with E-state index in [1.54, 1.807) is 7.11 Å². The summed E-state index contributed by atoms with van der Waals surface area (Å²) in [6, 6.07) is 0. The fourth-order valence-corrected chi connectivity index (χ4v) is 1.33. The van der Waals surface area contributed by atoms with Gasteiger partial charge in [-0.1, -0.05) is 0 Å². The summed E-state index contributed by atoms with van der Waals surface area (Å²) in [5.74, 6) is 0.864. The molecule has 0 bridgehead atoms. The molecule has 1 unspecified atom stereocenters. The lowest BCUT2D eigenvalue weighted by atomic mass is 9.93. The van der Waals surface area contributed by atoms with E-state index in [4.69, 9.17) is 15.6 Å². The topological polar surface area (TPSA) is 55.5 Å². The van der Waals surface area contributed by atoms with Gasteiger partial charge in [0.2, 0.25) is 0 Å². The third-order valence-electron chi connectivity index (χ3n) is 2.19. The van der Waals surface area contributed by atoms with Crippen LogP contribution in [-0.2, 0) is 4.74 Å². The molecule has 0 saturated carbocycles. The van der Waals surface area contributed by atoms with Gasteiger partial charge in [-0.15, -0.1) is 0 Å². The Balaban J connectivity index is 2.85. The zero-order valence-corrected chi connectivity index (χ0v) is 7.50. The maximum absolute atomic E-state index is 9.00. The van der Waals surface area contributed by atoms with Gasteiger partial charge in [-0.3, -0.25) is 0 Å². The van der Waals surface area contributed by atoms with Crippen molar-refractivity contribution in [1.82, 2.24) is 0 Å². The number of aliphatic hydroxyl groups is 1. The lowest BCUT2D eigenvalue weighted by Gasteiger charge is -2.22. The fourth-order valence-electron chi connectivity index (χ4n) is 1.33. The monoisotopic (exact) mass is 169 g/mol. The van der Waals surface area contributed by atoms with Crippen LogP contribution in [0.5, 0.6) is 0 Å². The molecule has 12 heavy (non-hydrogen) atoms. The molecular formula is C9H15NO2. The summed E-state index contributed by atoms with van der Waals surface area (Å²) in [7, 11) is 1.61. The van der Waals surface area contributed by atoms with Crippen LogP contribution in [0.25, 0.3) is 0 Å². The van der Waals surface area contributed by atoms with Crippen molar-refractivity contribution in [3.8, 4) is 0 Å². The number of aliphatic hydroxyl groups excluding tert-OH is 1. The summed E-state index contributed by atoms with van der Waals surface area (Å²) >= 11 is 0. The van der Waals surface area contributed by atoms with Crippen molar-refractivity contribution in [1.29, 1.82) is 0 Å². The Bertz CT molecular complexity index is 231. The molecule has 1 rings (SSSR count). The van der Waals surface area contributed by atoms with Crippen LogP contribution in [0.3, 0.4) is 0 Å². The van der Waals surface area contributed by atoms with Crippen molar-refractivity contribution in [3.05, 3.63) is 23.1 Å². The van der Waals surface area contributed by atoms with E-state index >= 15 is 0 Å². The molecule has 0 aromatic heterocycles. The van der Waals surface area contributed by atoms with Crippen molar-refractivity contribution < 1.29 is 9.84 Å². The summed E-state index contributed by atoms with van der Waals surface area (Å²) in [6.45, 7) is 2.04. The maximum Gasteiger partial charge on any atom is 0.102 e. The summed E-state index contributed by atoms with van der Waals surface area (Å²) < 4.78 is 5.12. The summed E-state index contributed by atoms with van der Waals surface area (Å²) in [5, 5.41) is 9.00. The molecule has 0 aliphatic heterocycles. The van der Waals surface area contributed by atoms with Gasteiger partial charge < -0.3 is 15.6 Å². The largest absolute Gasteiger partial charge is 0.501 e. The lowest BCUT2D eigenvalue weighted by molar-refractivity contribution is 0.172. The molecule has 0 amide bonds. The average Bonchev–Trinajstić information content (AvgIpc) is 2.09. The highest BCUT2D eigenvalue weighted by atomic mass is 16.5. The summed E-state index contributed by atoms with van der Waals surface area (Å²) in [6.07, 6.45) is 2.59. The van der Waals surface area contributed by atoms with Gasteiger partial charge in [-0.2, -0.15) is 0 Å². The molecule has 3 heteroatoms. The van der Waals surface area contributed by atoms with Gasteiger partial charge in [0.15, 0.2) is 0 Å². The van der Waals surface area contributed by atoms with Gasteiger partial charge in [0.05, 0.1) is 13.7 Å². The van der Waals surface area contributed by atoms with Crippen LogP contribution in [0.4, 0.5) is 0 Å². The minimum Gasteiger partial charge on any atom is -0.501 e. The number of allylic oxidation sites excluding steroid dienone is 3. The van der Waals surface area contributed by atoms with E-state index in [9.17, 15) is 0 Å². The van der Waals surface area contributed by atoms with Crippen LogP contribution >= 0.6 is 0 Å². The van der Waals surface area contributed by atoms with Crippen molar-refractivity contribution in [2.75, 3.05) is 13.7 Å². The smallest absolute Gasteiger partial charge is 0.102 e. The number of nitrogens with two attached hydrogens (primary N) is 1. The van der Waals surface area contributed by atoms with E-state index in [1.165, 1.54) is 0 Å². The standard InChI is InChI=1S/C9H15NO2/c1-6-3-9(12-2)7(5-11)4-8(6)10/h3,7,11H,4-5,10H2,1-2H3. The highest BCUT2D eigenvalue weighted by molar-refractivity contribution is 5.30. The second kappa shape index (κ2) is 3.63. The van der Waals surface area contributed by atoms with Gasteiger partial charge in [0, 0.05) is 11.6 Å². The minimum atomic E-state index is 0.0405. The highest BCUT2D eigenvalue weighted by Crippen LogP contribution is 2.26. The first kappa shape index (κ1) is 9.13. The Kier molecular flexibility index (Phi) is 2.76. The number of hydrogen-bond acceptors (Lipinski definition) is 3. The fraction of sp³-hybridized carbons (Fsp3) is 0.556. The van der Waals surface area contributed by atoms with Crippen LogP contribution in [0.2, 0.25) is 0 Å². The molecule has 1 aliphatic carbocycles. The third kappa shape index (κ3) is 1.61. The van der Waals surface area contributed by atoms with Crippen molar-refractivity contribution in [3.63, 3.8) is 0 Å². The third-order valence-corrected chi connectivity index (χ3v) is 2.19. The van der Waals surface area contributed by atoms with Crippen LogP contribution in [-0.4, -0.2) is 18.8 Å². The van der Waals surface area contributed by atoms with Gasteiger partial charge in [0.25, 0.3) is 0 Å². The first-order chi connectivity index (χ1) is 5.69. The predicted molar refractivity (Wildman–Crippen MR) is 47.2 cm³/mol. The number of hydrogen-bond donors (Lipinski definition) is 2. The molecule has 0 radical (unpaired) electrons. The minimum absolute atomic E-state index is 0.0405. The number of methoxy groups -OCH3 is 1. The zero-order chi connectivity index (χ0) is 9.14. The summed E-state index contributed by atoms with van der Waals surface area (Å²) in [5.41, 5.74) is 7.61. The molecule has 1 atom stereocenters. The number of rotatable bonds is 2. The molecule has 68 valence electrons. The Labute approximate surface area is 72.5 Å². The molecule has 3 nitrogen and oxygen atoms in total. The van der Waals surface area contributed by atoms with E-state index in [2.05, 4.69) is 0 Å².